The smallest absolute Gasteiger partial charge is 0.248 e. The molecule has 5 rings (SSSR count). The Labute approximate surface area is 245 Å². The molecule has 3 heterocycles. The van der Waals surface area contributed by atoms with Crippen LogP contribution >= 0.6 is 0 Å². The van der Waals surface area contributed by atoms with Gasteiger partial charge in [-0.05, 0) is 57.0 Å². The number of aryl methyl sites for hydroxylation is 1. The number of aliphatic hydroxyl groups excluding tert-OH is 1. The van der Waals surface area contributed by atoms with Gasteiger partial charge >= 0.3 is 0 Å². The minimum atomic E-state index is -3.95. The molecule has 0 aliphatic carbocycles. The minimum Gasteiger partial charge on any atom is -0.506 e. The zero-order chi connectivity index (χ0) is 30.1. The van der Waals surface area contributed by atoms with E-state index in [1.807, 2.05) is 13.0 Å². The summed E-state index contributed by atoms with van der Waals surface area (Å²) in [7, 11) is -6.22. The molecule has 228 valence electrons. The van der Waals surface area contributed by atoms with E-state index in [2.05, 4.69) is 15.0 Å². The first-order valence-corrected chi connectivity index (χ1v) is 16.7. The average Bonchev–Trinajstić information content (AvgIpc) is 3.37. The number of hydrogen-bond acceptors (Lipinski definition) is 10. The number of sulfonamides is 2. The first-order valence-electron chi connectivity index (χ1n) is 13.7. The van der Waals surface area contributed by atoms with Gasteiger partial charge in [-0.1, -0.05) is 18.2 Å². The van der Waals surface area contributed by atoms with Gasteiger partial charge in [0.05, 0.1) is 28.8 Å². The number of hydrogen-bond donors (Lipinski definition) is 4. The summed E-state index contributed by atoms with van der Waals surface area (Å²) in [5.41, 5.74) is 0.946. The summed E-state index contributed by atoms with van der Waals surface area (Å²) in [5, 5.41) is 24.9. The number of nitrogens with zero attached hydrogens (tertiary/aromatic N) is 2. The lowest BCUT2D eigenvalue weighted by Gasteiger charge is -2.38. The molecule has 0 amide bonds. The van der Waals surface area contributed by atoms with E-state index in [1.54, 1.807) is 24.3 Å². The van der Waals surface area contributed by atoms with Gasteiger partial charge < -0.3 is 25.0 Å². The first kappa shape index (κ1) is 30.6. The lowest BCUT2D eigenvalue weighted by Crippen LogP contribution is -2.47. The van der Waals surface area contributed by atoms with Crippen LogP contribution in [0, 0.1) is 6.92 Å². The Morgan fingerprint density at radius 1 is 1.17 bits per heavy atom. The molecule has 2 aromatic carbocycles. The minimum absolute atomic E-state index is 0.0242. The molecule has 4 N–H and O–H groups in total. The summed E-state index contributed by atoms with van der Waals surface area (Å²) in [4.78, 5) is 4.18. The van der Waals surface area contributed by atoms with Crippen molar-refractivity contribution >= 4 is 30.9 Å². The summed E-state index contributed by atoms with van der Waals surface area (Å²) < 4.78 is 66.2. The summed E-state index contributed by atoms with van der Waals surface area (Å²) >= 11 is 0. The number of nitrogens with one attached hydrogen (secondary N) is 2. The number of pyridine rings is 1. The number of aliphatic hydroxyl groups is 1. The molecule has 0 bridgehead atoms. The van der Waals surface area contributed by atoms with Crippen LogP contribution < -0.4 is 14.8 Å². The van der Waals surface area contributed by atoms with Gasteiger partial charge in [-0.25, -0.2) is 21.6 Å². The summed E-state index contributed by atoms with van der Waals surface area (Å²) in [6.07, 6.45) is 2.06. The number of para-hydroxylation sites is 1. The molecule has 2 aliphatic heterocycles. The lowest BCUT2D eigenvalue weighted by atomic mass is 9.88. The van der Waals surface area contributed by atoms with Crippen molar-refractivity contribution in [3.8, 4) is 11.5 Å². The number of ether oxygens (including phenoxy) is 2. The van der Waals surface area contributed by atoms with Crippen molar-refractivity contribution in [3.05, 3.63) is 54.2 Å². The standard InChI is InChI=1S/C28H36N4O8S2/c1-19-5-3-8-24-26(19)31-16-25(27(24)34)42(37,38)32-11-9-28(10-12-32)14-20(17-40-28)30-15-21(33)18-39-22-6-4-7-23(13-22)41(35,36)29-2/h3-8,13,16,20-21,29-30,33H,9-12,14-15,17-18H2,1-2H3,(H,31,34). The molecule has 0 radical (unpaired) electrons. The SMILES string of the molecule is CNS(=O)(=O)c1cccc(OCC(O)CNC2COC3(CCN(S(=O)(=O)c4cnc5c(C)cccc5c4O)CC3)C2)c1. The van der Waals surface area contributed by atoms with Gasteiger partial charge in [0.15, 0.2) is 0 Å². The van der Waals surface area contributed by atoms with Crippen LogP contribution in [0.1, 0.15) is 24.8 Å². The predicted octanol–water partition coefficient (Wildman–Crippen LogP) is 1.50. The van der Waals surface area contributed by atoms with Gasteiger partial charge in [-0.2, -0.15) is 4.31 Å². The molecule has 2 fully saturated rings. The molecule has 12 nitrogen and oxygen atoms in total. The van der Waals surface area contributed by atoms with Crippen LogP contribution in [0.5, 0.6) is 11.5 Å². The maximum absolute atomic E-state index is 13.4. The van der Waals surface area contributed by atoms with Crippen LogP contribution in [0.2, 0.25) is 0 Å². The molecule has 1 spiro atoms. The van der Waals surface area contributed by atoms with Crippen molar-refractivity contribution in [1.29, 1.82) is 0 Å². The number of piperidine rings is 1. The second kappa shape index (κ2) is 12.0. The Bertz CT molecular complexity index is 1660. The van der Waals surface area contributed by atoms with Crippen molar-refractivity contribution in [2.24, 2.45) is 0 Å². The highest BCUT2D eigenvalue weighted by atomic mass is 32.2. The van der Waals surface area contributed by atoms with Gasteiger partial charge in [-0.15, -0.1) is 0 Å². The molecular weight excluding hydrogens is 584 g/mol. The fourth-order valence-corrected chi connectivity index (χ4v) is 7.77. The molecule has 2 atom stereocenters. The summed E-state index contributed by atoms with van der Waals surface area (Å²) in [6.45, 7) is 2.99. The number of fused-ring (bicyclic) bond motifs is 1. The van der Waals surface area contributed by atoms with E-state index in [9.17, 15) is 27.0 Å². The van der Waals surface area contributed by atoms with Gasteiger partial charge in [0.1, 0.15) is 29.1 Å². The molecule has 2 aliphatic rings. The molecule has 14 heteroatoms. The highest BCUT2D eigenvalue weighted by Crippen LogP contribution is 2.39. The zero-order valence-electron chi connectivity index (χ0n) is 23.5. The third-order valence-electron chi connectivity index (χ3n) is 7.97. The fraction of sp³-hybridized carbons (Fsp3) is 0.464. The third-order valence-corrected chi connectivity index (χ3v) is 11.3. The highest BCUT2D eigenvalue weighted by molar-refractivity contribution is 7.89. The normalized spacial score (nSPS) is 20.2. The van der Waals surface area contributed by atoms with Crippen molar-refractivity contribution in [1.82, 2.24) is 19.3 Å². The monoisotopic (exact) mass is 620 g/mol. The number of rotatable bonds is 10. The first-order chi connectivity index (χ1) is 19.9. The van der Waals surface area contributed by atoms with Crippen molar-refractivity contribution < 1.29 is 36.5 Å². The Hall–Kier alpha value is -2.85. The Balaban J connectivity index is 1.12. The Kier molecular flexibility index (Phi) is 8.77. The van der Waals surface area contributed by atoms with Crippen LogP contribution in [0.4, 0.5) is 0 Å². The summed E-state index contributed by atoms with van der Waals surface area (Å²) in [6, 6.07) is 11.3. The van der Waals surface area contributed by atoms with Crippen LogP contribution in [0.25, 0.3) is 10.9 Å². The number of aromatic nitrogens is 1. The van der Waals surface area contributed by atoms with Gasteiger partial charge in [0, 0.05) is 37.1 Å². The van der Waals surface area contributed by atoms with Gasteiger partial charge in [-0.3, -0.25) is 4.98 Å². The van der Waals surface area contributed by atoms with Crippen LogP contribution in [-0.4, -0.2) is 94.0 Å². The predicted molar refractivity (Wildman–Crippen MR) is 155 cm³/mol. The second-order valence-corrected chi connectivity index (χ2v) is 14.6. The molecular formula is C28H36N4O8S2. The van der Waals surface area contributed by atoms with Crippen LogP contribution in [-0.2, 0) is 24.8 Å². The van der Waals surface area contributed by atoms with Crippen LogP contribution in [0.15, 0.2) is 58.5 Å². The van der Waals surface area contributed by atoms with E-state index in [4.69, 9.17) is 9.47 Å². The van der Waals surface area contributed by atoms with E-state index in [1.165, 1.54) is 29.7 Å². The highest BCUT2D eigenvalue weighted by Gasteiger charge is 2.45. The molecule has 42 heavy (non-hydrogen) atoms. The van der Waals surface area contributed by atoms with Gasteiger partial charge in [0.2, 0.25) is 20.0 Å². The number of benzene rings is 2. The van der Waals surface area contributed by atoms with Crippen LogP contribution in [0.3, 0.4) is 0 Å². The second-order valence-electron chi connectivity index (χ2n) is 10.8. The van der Waals surface area contributed by atoms with E-state index < -0.39 is 31.8 Å². The van der Waals surface area contributed by atoms with E-state index in [0.717, 1.165) is 5.56 Å². The maximum atomic E-state index is 13.4. The Morgan fingerprint density at radius 2 is 1.90 bits per heavy atom. The Morgan fingerprint density at radius 3 is 2.64 bits per heavy atom. The quantitative estimate of drug-likeness (QED) is 0.261. The van der Waals surface area contributed by atoms with Gasteiger partial charge in [0.25, 0.3) is 0 Å². The van der Waals surface area contributed by atoms with Crippen molar-refractivity contribution in [2.75, 3.05) is 39.9 Å². The summed E-state index contributed by atoms with van der Waals surface area (Å²) in [5.74, 6) is 0.0433. The third kappa shape index (κ3) is 6.25. The van der Waals surface area contributed by atoms with Crippen molar-refractivity contribution in [3.63, 3.8) is 0 Å². The fourth-order valence-electron chi connectivity index (χ4n) is 5.53. The van der Waals surface area contributed by atoms with E-state index in [-0.39, 0.29) is 47.8 Å². The average molecular weight is 621 g/mol. The molecule has 1 aromatic heterocycles. The molecule has 3 aromatic rings. The largest absolute Gasteiger partial charge is 0.506 e. The van der Waals surface area contributed by atoms with E-state index in [0.29, 0.717) is 42.5 Å². The zero-order valence-corrected chi connectivity index (χ0v) is 25.1. The molecule has 2 saturated heterocycles. The van der Waals surface area contributed by atoms with Crippen molar-refractivity contribution in [2.45, 2.75) is 53.7 Å². The number of aromatic hydroxyl groups is 1. The maximum Gasteiger partial charge on any atom is 0.248 e. The topological polar surface area (TPSA) is 167 Å². The van der Waals surface area contributed by atoms with E-state index >= 15 is 0 Å². The lowest BCUT2D eigenvalue weighted by molar-refractivity contribution is -0.0312. The molecule has 2 unspecified atom stereocenters. The molecule has 0 saturated carbocycles.